The number of aromatic nitrogens is 2. The van der Waals surface area contributed by atoms with Gasteiger partial charge in [0.1, 0.15) is 5.82 Å². The number of imidazole rings is 1. The second-order valence-electron chi connectivity index (χ2n) is 6.68. The molecule has 4 aromatic rings. The minimum absolute atomic E-state index is 0.148. The largest absolute Gasteiger partial charge is 0.324 e. The number of hydrogen-bond donors (Lipinski definition) is 1. The first-order chi connectivity index (χ1) is 13.4. The van der Waals surface area contributed by atoms with E-state index in [-0.39, 0.29) is 18.1 Å². The average molecular weight is 414 g/mol. The summed E-state index contributed by atoms with van der Waals surface area (Å²) in [5.74, 6) is -0.433. The lowest BCUT2D eigenvalue weighted by atomic mass is 10.1. The molecule has 0 saturated carbocycles. The summed E-state index contributed by atoms with van der Waals surface area (Å²) < 4.78 is 15.0. The zero-order chi connectivity index (χ0) is 19.8. The molecule has 0 aliphatic carbocycles. The van der Waals surface area contributed by atoms with Crippen LogP contribution in [0.4, 0.5) is 10.1 Å². The van der Waals surface area contributed by atoms with Gasteiger partial charge in [0.25, 0.3) is 0 Å². The second kappa shape index (κ2) is 7.37. The highest BCUT2D eigenvalue weighted by molar-refractivity contribution is 7.15. The van der Waals surface area contributed by atoms with E-state index >= 15 is 0 Å². The number of nitrogens with one attached hydrogen (secondary N) is 1. The molecule has 7 heteroatoms. The Morgan fingerprint density at radius 2 is 2.00 bits per heavy atom. The number of carbonyl (C=O) groups is 1. The predicted molar refractivity (Wildman–Crippen MR) is 112 cm³/mol. The van der Waals surface area contributed by atoms with E-state index in [0.717, 1.165) is 33.0 Å². The molecule has 0 fully saturated rings. The zero-order valence-electron chi connectivity index (χ0n) is 15.3. The molecular formula is C21H17ClFN3OS. The maximum atomic E-state index is 13.1. The summed E-state index contributed by atoms with van der Waals surface area (Å²) in [4.78, 5) is 17.9. The van der Waals surface area contributed by atoms with Crippen LogP contribution in [-0.4, -0.2) is 15.3 Å². The van der Waals surface area contributed by atoms with Crippen molar-refractivity contribution < 1.29 is 9.18 Å². The van der Waals surface area contributed by atoms with Gasteiger partial charge in [-0.25, -0.2) is 9.37 Å². The Morgan fingerprint density at radius 1 is 1.25 bits per heavy atom. The third-order valence-electron chi connectivity index (χ3n) is 4.46. The van der Waals surface area contributed by atoms with Gasteiger partial charge in [0.15, 0.2) is 4.96 Å². The molecule has 0 spiro atoms. The Balaban J connectivity index is 1.56. The van der Waals surface area contributed by atoms with Gasteiger partial charge in [-0.15, -0.1) is 11.3 Å². The van der Waals surface area contributed by atoms with Crippen molar-refractivity contribution in [3.05, 3.63) is 75.6 Å². The third-order valence-corrected chi connectivity index (χ3v) is 5.65. The van der Waals surface area contributed by atoms with Crippen LogP contribution in [0.2, 0.25) is 5.02 Å². The molecular weight excluding hydrogens is 397 g/mol. The first-order valence-corrected chi connectivity index (χ1v) is 9.94. The van der Waals surface area contributed by atoms with Crippen molar-refractivity contribution in [3.63, 3.8) is 0 Å². The van der Waals surface area contributed by atoms with Crippen LogP contribution < -0.4 is 5.32 Å². The first-order valence-electron chi connectivity index (χ1n) is 8.69. The lowest BCUT2D eigenvalue weighted by molar-refractivity contribution is -0.115. The number of aryl methyl sites for hydroxylation is 2. The normalized spacial score (nSPS) is 11.1. The third kappa shape index (κ3) is 3.66. The molecule has 0 aliphatic rings. The van der Waals surface area contributed by atoms with E-state index in [9.17, 15) is 9.18 Å². The molecule has 0 saturated heterocycles. The summed E-state index contributed by atoms with van der Waals surface area (Å²) in [6, 6.07) is 10.0. The molecule has 2 heterocycles. The molecule has 0 bridgehead atoms. The maximum absolute atomic E-state index is 13.1. The lowest BCUT2D eigenvalue weighted by Gasteiger charge is -2.11. The van der Waals surface area contributed by atoms with Crippen molar-refractivity contribution >= 4 is 39.5 Å². The van der Waals surface area contributed by atoms with Gasteiger partial charge in [0, 0.05) is 22.8 Å². The van der Waals surface area contributed by atoms with Crippen LogP contribution >= 0.6 is 22.9 Å². The summed E-state index contributed by atoms with van der Waals surface area (Å²) in [6.07, 6.45) is 2.06. The van der Waals surface area contributed by atoms with Crippen LogP contribution in [0.3, 0.4) is 0 Å². The van der Waals surface area contributed by atoms with Crippen LogP contribution in [0, 0.1) is 19.7 Å². The molecule has 4 rings (SSSR count). The number of halogens is 2. The molecule has 1 amide bonds. The zero-order valence-corrected chi connectivity index (χ0v) is 16.9. The molecule has 4 nitrogen and oxygen atoms in total. The van der Waals surface area contributed by atoms with Gasteiger partial charge in [-0.3, -0.25) is 9.20 Å². The monoisotopic (exact) mass is 413 g/mol. The minimum Gasteiger partial charge on any atom is -0.324 e. The number of fused-ring (bicyclic) bond motifs is 1. The second-order valence-corrected chi connectivity index (χ2v) is 7.92. The van der Waals surface area contributed by atoms with E-state index in [4.69, 9.17) is 11.6 Å². The Bertz CT molecular complexity index is 1160. The first kappa shape index (κ1) is 18.7. The van der Waals surface area contributed by atoms with Crippen LogP contribution in [0.1, 0.15) is 16.8 Å². The molecule has 142 valence electrons. The van der Waals surface area contributed by atoms with Crippen molar-refractivity contribution in [3.8, 4) is 11.3 Å². The number of benzene rings is 2. The quantitative estimate of drug-likeness (QED) is 0.469. The van der Waals surface area contributed by atoms with Crippen molar-refractivity contribution in [1.82, 2.24) is 9.38 Å². The van der Waals surface area contributed by atoms with Crippen LogP contribution in [-0.2, 0) is 11.2 Å². The van der Waals surface area contributed by atoms with Crippen molar-refractivity contribution in [2.45, 2.75) is 20.3 Å². The Hall–Kier alpha value is -2.70. The van der Waals surface area contributed by atoms with Crippen molar-refractivity contribution in [2.24, 2.45) is 0 Å². The maximum Gasteiger partial charge on any atom is 0.230 e. The smallest absolute Gasteiger partial charge is 0.230 e. The molecule has 28 heavy (non-hydrogen) atoms. The lowest BCUT2D eigenvalue weighted by Crippen LogP contribution is -2.16. The average Bonchev–Trinajstić information content (AvgIpc) is 3.21. The van der Waals surface area contributed by atoms with E-state index in [0.29, 0.717) is 10.7 Å². The number of carbonyl (C=O) groups excluding carboxylic acids is 1. The fourth-order valence-corrected chi connectivity index (χ4v) is 4.38. The summed E-state index contributed by atoms with van der Waals surface area (Å²) in [6.45, 7) is 3.88. The van der Waals surface area contributed by atoms with E-state index in [2.05, 4.69) is 10.3 Å². The Morgan fingerprint density at radius 3 is 2.71 bits per heavy atom. The van der Waals surface area contributed by atoms with Crippen LogP contribution in [0.5, 0.6) is 0 Å². The van der Waals surface area contributed by atoms with Crippen molar-refractivity contribution in [1.29, 1.82) is 0 Å². The minimum atomic E-state index is -0.285. The fraction of sp³-hybridized carbons (Fsp3) is 0.143. The summed E-state index contributed by atoms with van der Waals surface area (Å²) in [5.41, 5.74) is 5.02. The van der Waals surface area contributed by atoms with Crippen LogP contribution in [0.25, 0.3) is 16.2 Å². The van der Waals surface area contributed by atoms with E-state index in [1.165, 1.54) is 23.5 Å². The van der Waals surface area contributed by atoms with Crippen LogP contribution in [0.15, 0.2) is 48.0 Å². The number of thiazole rings is 1. The fourth-order valence-electron chi connectivity index (χ4n) is 3.14. The molecule has 0 unspecified atom stereocenters. The van der Waals surface area contributed by atoms with E-state index < -0.39 is 0 Å². The number of amides is 1. The highest BCUT2D eigenvalue weighted by Gasteiger charge is 2.15. The number of anilines is 1. The predicted octanol–water partition coefficient (Wildman–Crippen LogP) is 5.65. The van der Waals surface area contributed by atoms with E-state index in [1.807, 2.05) is 42.0 Å². The summed E-state index contributed by atoms with van der Waals surface area (Å²) >= 11 is 7.74. The van der Waals surface area contributed by atoms with Gasteiger partial charge in [0.05, 0.1) is 22.8 Å². The number of hydrogen-bond acceptors (Lipinski definition) is 3. The standard InChI is InChI=1S/C21H17ClFN3OS/c1-12-7-13(2)20(17(22)8-12)25-19(27)9-16-11-28-21-24-18(10-26(16)21)14-3-5-15(23)6-4-14/h3-8,10-11H,9H2,1-2H3,(H,25,27). The highest BCUT2D eigenvalue weighted by atomic mass is 35.5. The number of nitrogens with zero attached hydrogens (tertiary/aromatic N) is 2. The molecule has 0 radical (unpaired) electrons. The van der Waals surface area contributed by atoms with Gasteiger partial charge >= 0.3 is 0 Å². The topological polar surface area (TPSA) is 46.4 Å². The summed E-state index contributed by atoms with van der Waals surface area (Å²) in [7, 11) is 0. The van der Waals surface area contributed by atoms with Gasteiger partial charge in [-0.2, -0.15) is 0 Å². The molecule has 1 N–H and O–H groups in total. The molecule has 2 aromatic heterocycles. The van der Waals surface area contributed by atoms with Gasteiger partial charge < -0.3 is 5.32 Å². The van der Waals surface area contributed by atoms with Gasteiger partial charge in [-0.05, 0) is 55.3 Å². The molecule has 0 atom stereocenters. The Labute approximate surface area is 170 Å². The summed E-state index contributed by atoms with van der Waals surface area (Å²) in [5, 5.41) is 5.36. The van der Waals surface area contributed by atoms with E-state index in [1.54, 1.807) is 12.1 Å². The van der Waals surface area contributed by atoms with Gasteiger partial charge in [0.2, 0.25) is 5.91 Å². The number of rotatable bonds is 4. The van der Waals surface area contributed by atoms with Crippen molar-refractivity contribution in [2.75, 3.05) is 5.32 Å². The molecule has 0 aliphatic heterocycles. The highest BCUT2D eigenvalue weighted by Crippen LogP contribution is 2.28. The Kier molecular flexibility index (Phi) is 4.91. The molecule has 2 aromatic carbocycles. The SMILES string of the molecule is Cc1cc(C)c(NC(=O)Cc2csc3nc(-c4ccc(F)cc4)cn23)c(Cl)c1. The van der Waals surface area contributed by atoms with Gasteiger partial charge in [-0.1, -0.05) is 17.7 Å².